The van der Waals surface area contributed by atoms with Crippen molar-refractivity contribution in [1.29, 1.82) is 5.26 Å². The zero-order valence-corrected chi connectivity index (χ0v) is 12.7. The summed E-state index contributed by atoms with van der Waals surface area (Å²) in [5.41, 5.74) is 14.2. The number of phenols is 1. The maximum atomic E-state index is 12.3. The van der Waals surface area contributed by atoms with E-state index in [0.717, 1.165) is 6.07 Å². The highest BCUT2D eigenvalue weighted by atomic mass is 16.5. The first-order valence-corrected chi connectivity index (χ1v) is 7.09. The van der Waals surface area contributed by atoms with Crippen LogP contribution in [0.5, 0.6) is 11.5 Å². The van der Waals surface area contributed by atoms with Crippen LogP contribution in [0.25, 0.3) is 10.4 Å². The molecule has 0 bridgehead atoms. The van der Waals surface area contributed by atoms with Crippen molar-refractivity contribution in [1.82, 2.24) is 0 Å². The fourth-order valence-electron chi connectivity index (χ4n) is 2.60. The minimum atomic E-state index is -0.834. The van der Waals surface area contributed by atoms with Gasteiger partial charge >= 0.3 is 0 Å². The summed E-state index contributed by atoms with van der Waals surface area (Å²) in [5, 5.41) is 22.5. The quantitative estimate of drug-likeness (QED) is 0.497. The normalized spacial score (nSPS) is 15.6. The van der Waals surface area contributed by atoms with Gasteiger partial charge in [0, 0.05) is 11.0 Å². The van der Waals surface area contributed by atoms with E-state index >= 15 is 0 Å². The maximum absolute atomic E-state index is 12.3. The van der Waals surface area contributed by atoms with Gasteiger partial charge in [0.25, 0.3) is 0 Å². The van der Waals surface area contributed by atoms with Crippen LogP contribution in [0.1, 0.15) is 23.0 Å². The molecule has 1 aliphatic heterocycles. The molecule has 1 unspecified atom stereocenters. The number of azide groups is 1. The number of nitrogens with two attached hydrogens (primary N) is 1. The summed E-state index contributed by atoms with van der Waals surface area (Å²) in [4.78, 5) is 14.9. The molecule has 2 heterocycles. The number of fused-ring (bicyclic) bond motifs is 1. The van der Waals surface area contributed by atoms with Gasteiger partial charge in [0.2, 0.25) is 17.1 Å². The van der Waals surface area contributed by atoms with Gasteiger partial charge in [-0.1, -0.05) is 17.2 Å². The zero-order chi connectivity index (χ0) is 18.0. The van der Waals surface area contributed by atoms with Gasteiger partial charge in [-0.3, -0.25) is 4.79 Å². The summed E-state index contributed by atoms with van der Waals surface area (Å²) >= 11 is 0. The van der Waals surface area contributed by atoms with Gasteiger partial charge in [-0.15, -0.1) is 0 Å². The van der Waals surface area contributed by atoms with Crippen LogP contribution in [0, 0.1) is 11.3 Å². The number of nitrogens with zero attached hydrogens (tertiary/aromatic N) is 4. The maximum Gasteiger partial charge on any atom is 0.228 e. The van der Waals surface area contributed by atoms with Crippen LogP contribution in [-0.4, -0.2) is 5.11 Å². The van der Waals surface area contributed by atoms with E-state index in [2.05, 4.69) is 10.0 Å². The van der Waals surface area contributed by atoms with E-state index in [1.165, 1.54) is 12.1 Å². The lowest BCUT2D eigenvalue weighted by molar-refractivity contribution is 0.333. The molecule has 0 spiro atoms. The molecular formula is C16H11N5O4. The molecule has 0 fully saturated rings. The van der Waals surface area contributed by atoms with E-state index in [4.69, 9.17) is 20.4 Å². The third-order valence-corrected chi connectivity index (χ3v) is 3.62. The van der Waals surface area contributed by atoms with Crippen molar-refractivity contribution in [2.45, 2.75) is 12.5 Å². The molecule has 9 heteroatoms. The summed E-state index contributed by atoms with van der Waals surface area (Å²) in [6.07, 6.45) is 0. The van der Waals surface area contributed by atoms with Crippen molar-refractivity contribution in [3.05, 3.63) is 79.5 Å². The number of phenolic OH excluding ortho intramolecular Hbond substituents is 1. The molecule has 0 saturated carbocycles. The van der Waals surface area contributed by atoms with Crippen LogP contribution in [0.4, 0.5) is 0 Å². The first-order chi connectivity index (χ1) is 12.0. The summed E-state index contributed by atoms with van der Waals surface area (Å²) in [6, 6.07) is 9.24. The minimum Gasteiger partial charge on any atom is -0.508 e. The summed E-state index contributed by atoms with van der Waals surface area (Å²) in [6.45, 7) is -0.174. The number of benzene rings is 1. The highest BCUT2D eigenvalue weighted by molar-refractivity contribution is 5.52. The molecule has 1 aromatic heterocycles. The molecule has 25 heavy (non-hydrogen) atoms. The Bertz CT molecular complexity index is 1030. The third-order valence-electron chi connectivity index (χ3n) is 3.62. The monoisotopic (exact) mass is 337 g/mol. The lowest BCUT2D eigenvalue weighted by atomic mass is 9.87. The Morgan fingerprint density at radius 3 is 2.92 bits per heavy atom. The smallest absolute Gasteiger partial charge is 0.228 e. The lowest BCUT2D eigenvalue weighted by Crippen LogP contribution is -2.25. The molecule has 2 aromatic rings. The molecular weight excluding hydrogens is 326 g/mol. The Kier molecular flexibility index (Phi) is 4.04. The Morgan fingerprint density at radius 1 is 1.44 bits per heavy atom. The fourth-order valence-corrected chi connectivity index (χ4v) is 2.60. The number of rotatable bonds is 3. The first kappa shape index (κ1) is 16.0. The Balaban J connectivity index is 2.26. The highest BCUT2D eigenvalue weighted by Crippen LogP contribution is 2.41. The second kappa shape index (κ2) is 6.31. The topological polar surface area (TPSA) is 158 Å². The summed E-state index contributed by atoms with van der Waals surface area (Å²) in [5.74, 6) is -1.03. The van der Waals surface area contributed by atoms with E-state index in [1.54, 1.807) is 12.1 Å². The van der Waals surface area contributed by atoms with Gasteiger partial charge in [0.05, 0.1) is 12.5 Å². The SMILES string of the molecule is N#CC1=C(N)Oc2c(oc(CN=[N+]=[N-])cc2=O)C1c1cccc(O)c1. The molecule has 3 rings (SSSR count). The van der Waals surface area contributed by atoms with Gasteiger partial charge < -0.3 is 20.0 Å². The van der Waals surface area contributed by atoms with Gasteiger partial charge in [-0.05, 0) is 23.2 Å². The summed E-state index contributed by atoms with van der Waals surface area (Å²) in [7, 11) is 0. The van der Waals surface area contributed by atoms with E-state index in [9.17, 15) is 15.2 Å². The molecule has 0 saturated heterocycles. The van der Waals surface area contributed by atoms with Crippen LogP contribution in [-0.2, 0) is 6.54 Å². The van der Waals surface area contributed by atoms with Crippen molar-refractivity contribution >= 4 is 0 Å². The fraction of sp³-hybridized carbons (Fsp3) is 0.125. The Labute approximate surface area is 140 Å². The second-order valence-corrected chi connectivity index (χ2v) is 5.18. The predicted octanol–water partition coefficient (Wildman–Crippen LogP) is 2.37. The number of nitriles is 1. The van der Waals surface area contributed by atoms with Crippen LogP contribution < -0.4 is 15.9 Å². The molecule has 0 amide bonds. The largest absolute Gasteiger partial charge is 0.508 e. The summed E-state index contributed by atoms with van der Waals surface area (Å²) < 4.78 is 10.9. The number of hydrogen-bond donors (Lipinski definition) is 2. The number of allylic oxidation sites excluding steroid dienone is 1. The predicted molar refractivity (Wildman–Crippen MR) is 85.2 cm³/mol. The lowest BCUT2D eigenvalue weighted by Gasteiger charge is -2.24. The average Bonchev–Trinajstić information content (AvgIpc) is 2.59. The van der Waals surface area contributed by atoms with E-state index in [0.29, 0.717) is 5.56 Å². The molecule has 9 nitrogen and oxygen atoms in total. The zero-order valence-electron chi connectivity index (χ0n) is 12.7. The Morgan fingerprint density at radius 2 is 2.24 bits per heavy atom. The van der Waals surface area contributed by atoms with Crippen molar-refractivity contribution < 1.29 is 14.3 Å². The molecule has 1 aliphatic rings. The van der Waals surface area contributed by atoms with Gasteiger partial charge in [0.1, 0.15) is 23.2 Å². The van der Waals surface area contributed by atoms with Gasteiger partial charge in [0.15, 0.2) is 5.76 Å². The van der Waals surface area contributed by atoms with Crippen LogP contribution in [0.3, 0.4) is 0 Å². The standard InChI is InChI=1S/C16H11N5O4/c17-6-11-13(8-2-1-3-9(22)4-8)15-14(25-16(11)18)12(23)5-10(24-15)7-20-21-19/h1-5,13,22H,7,18H2. The van der Waals surface area contributed by atoms with Crippen molar-refractivity contribution in [3.63, 3.8) is 0 Å². The minimum absolute atomic E-state index is 0.0195. The molecule has 124 valence electrons. The van der Waals surface area contributed by atoms with Crippen LogP contribution >= 0.6 is 0 Å². The van der Waals surface area contributed by atoms with Gasteiger partial charge in [-0.25, -0.2) is 0 Å². The molecule has 0 radical (unpaired) electrons. The number of hydrogen-bond acceptors (Lipinski definition) is 7. The average molecular weight is 337 g/mol. The van der Waals surface area contributed by atoms with Crippen molar-refractivity contribution in [2.75, 3.05) is 0 Å². The first-order valence-electron chi connectivity index (χ1n) is 7.09. The number of ether oxygens (including phenoxy) is 1. The van der Waals surface area contributed by atoms with Gasteiger partial charge in [-0.2, -0.15) is 5.26 Å². The molecule has 1 atom stereocenters. The van der Waals surface area contributed by atoms with Crippen LogP contribution in [0.2, 0.25) is 0 Å². The number of aromatic hydroxyl groups is 1. The van der Waals surface area contributed by atoms with E-state index in [-0.39, 0.29) is 41.0 Å². The van der Waals surface area contributed by atoms with Crippen LogP contribution in [0.15, 0.2) is 56.1 Å². The Hall–Kier alpha value is -3.89. The van der Waals surface area contributed by atoms with Crippen molar-refractivity contribution in [2.24, 2.45) is 10.8 Å². The second-order valence-electron chi connectivity index (χ2n) is 5.18. The molecule has 1 aromatic carbocycles. The molecule has 0 aliphatic carbocycles. The van der Waals surface area contributed by atoms with E-state index in [1.807, 2.05) is 6.07 Å². The van der Waals surface area contributed by atoms with E-state index < -0.39 is 11.3 Å². The van der Waals surface area contributed by atoms with Crippen molar-refractivity contribution in [3.8, 4) is 17.6 Å². The third kappa shape index (κ3) is 2.85. The highest BCUT2D eigenvalue weighted by Gasteiger charge is 2.35. The molecule has 3 N–H and O–H groups in total.